The van der Waals surface area contributed by atoms with Gasteiger partial charge in [-0.2, -0.15) is 0 Å². The van der Waals surface area contributed by atoms with Crippen LogP contribution in [-0.4, -0.2) is 23.5 Å². The fourth-order valence-electron chi connectivity index (χ4n) is 3.49. The Kier molecular flexibility index (Phi) is 5.71. The monoisotopic (exact) mass is 406 g/mol. The minimum absolute atomic E-state index is 0.0500. The Morgan fingerprint density at radius 1 is 1.14 bits per heavy atom. The van der Waals surface area contributed by atoms with Gasteiger partial charge < -0.3 is 10.1 Å². The molecule has 1 aromatic heterocycles. The van der Waals surface area contributed by atoms with E-state index in [1.807, 2.05) is 42.6 Å². The van der Waals surface area contributed by atoms with Crippen molar-refractivity contribution in [2.45, 2.75) is 32.6 Å². The fourth-order valence-corrected chi connectivity index (χ4v) is 4.31. The Hall–Kier alpha value is -2.99. The van der Waals surface area contributed by atoms with Gasteiger partial charge in [0.05, 0.1) is 12.1 Å². The summed E-state index contributed by atoms with van der Waals surface area (Å²) in [5.41, 5.74) is 6.22. The molecule has 0 fully saturated rings. The number of aromatic nitrogens is 1. The fraction of sp³-hybridized carbons (Fsp3) is 0.261. The van der Waals surface area contributed by atoms with Crippen molar-refractivity contribution < 1.29 is 14.3 Å². The first kappa shape index (κ1) is 19.3. The summed E-state index contributed by atoms with van der Waals surface area (Å²) in [6.07, 6.45) is 3.36. The number of hydrogen-bond donors (Lipinski definition) is 1. The van der Waals surface area contributed by atoms with Crippen LogP contribution in [0, 0.1) is 6.92 Å². The molecule has 29 heavy (non-hydrogen) atoms. The summed E-state index contributed by atoms with van der Waals surface area (Å²) in [5, 5.41) is 5.51. The Labute approximate surface area is 173 Å². The lowest BCUT2D eigenvalue weighted by Crippen LogP contribution is -2.21. The van der Waals surface area contributed by atoms with Crippen molar-refractivity contribution in [3.05, 3.63) is 70.2 Å². The number of benzene rings is 2. The van der Waals surface area contributed by atoms with Gasteiger partial charge >= 0.3 is 5.97 Å². The maximum atomic E-state index is 12.1. The van der Waals surface area contributed by atoms with E-state index in [2.05, 4.69) is 22.4 Å². The molecule has 0 radical (unpaired) electrons. The van der Waals surface area contributed by atoms with Crippen molar-refractivity contribution in [2.75, 3.05) is 11.9 Å². The van der Waals surface area contributed by atoms with Gasteiger partial charge in [-0.05, 0) is 55.5 Å². The number of ether oxygens (including phenoxy) is 1. The highest BCUT2D eigenvalue weighted by Crippen LogP contribution is 2.25. The molecule has 6 heteroatoms. The van der Waals surface area contributed by atoms with Crippen molar-refractivity contribution in [3.63, 3.8) is 0 Å². The van der Waals surface area contributed by atoms with Crippen LogP contribution in [-0.2, 0) is 33.6 Å². The molecule has 2 aromatic carbocycles. The van der Waals surface area contributed by atoms with Gasteiger partial charge in [0.1, 0.15) is 5.01 Å². The molecule has 1 aliphatic rings. The molecule has 0 saturated carbocycles. The highest BCUT2D eigenvalue weighted by molar-refractivity contribution is 7.13. The average molecular weight is 407 g/mol. The van der Waals surface area contributed by atoms with Gasteiger partial charge in [0, 0.05) is 16.6 Å². The second-order valence-corrected chi connectivity index (χ2v) is 8.09. The van der Waals surface area contributed by atoms with Crippen LogP contribution in [0.15, 0.2) is 47.8 Å². The van der Waals surface area contributed by atoms with E-state index in [0.29, 0.717) is 5.69 Å². The molecule has 1 amide bonds. The number of nitrogens with zero attached hydrogens (tertiary/aromatic N) is 1. The van der Waals surface area contributed by atoms with E-state index in [4.69, 9.17) is 4.74 Å². The minimum atomic E-state index is -0.463. The normalized spacial score (nSPS) is 12.4. The molecule has 5 nitrogen and oxygen atoms in total. The van der Waals surface area contributed by atoms with E-state index in [0.717, 1.165) is 41.1 Å². The van der Waals surface area contributed by atoms with Gasteiger partial charge in [0.2, 0.25) is 0 Å². The molecule has 0 spiro atoms. The van der Waals surface area contributed by atoms with Crippen LogP contribution in [0.5, 0.6) is 0 Å². The number of fused-ring (bicyclic) bond motifs is 1. The van der Waals surface area contributed by atoms with Crippen LogP contribution in [0.1, 0.15) is 28.8 Å². The van der Waals surface area contributed by atoms with Gasteiger partial charge in [-0.25, -0.2) is 4.98 Å². The van der Waals surface area contributed by atoms with Crippen molar-refractivity contribution >= 4 is 28.9 Å². The quantitative estimate of drug-likeness (QED) is 0.619. The van der Waals surface area contributed by atoms with Gasteiger partial charge in [0.15, 0.2) is 6.61 Å². The predicted octanol–water partition coefficient (Wildman–Crippen LogP) is 4.33. The first-order chi connectivity index (χ1) is 14.1. The number of amides is 1. The van der Waals surface area contributed by atoms with E-state index in [-0.39, 0.29) is 18.9 Å². The first-order valence-electron chi connectivity index (χ1n) is 9.65. The van der Waals surface area contributed by atoms with E-state index in [1.54, 1.807) is 0 Å². The van der Waals surface area contributed by atoms with Crippen LogP contribution in [0.3, 0.4) is 0 Å². The predicted molar refractivity (Wildman–Crippen MR) is 114 cm³/mol. The van der Waals surface area contributed by atoms with Crippen LogP contribution in [0.2, 0.25) is 0 Å². The number of nitrogens with one attached hydrogen (secondary N) is 1. The zero-order valence-corrected chi connectivity index (χ0v) is 17.1. The second kappa shape index (κ2) is 8.57. The topological polar surface area (TPSA) is 68.3 Å². The van der Waals surface area contributed by atoms with Gasteiger partial charge in [-0.1, -0.05) is 29.8 Å². The number of esters is 1. The summed E-state index contributed by atoms with van der Waals surface area (Å²) in [5.74, 6) is -0.801. The third kappa shape index (κ3) is 4.90. The lowest BCUT2D eigenvalue weighted by Gasteiger charge is -2.08. The summed E-state index contributed by atoms with van der Waals surface area (Å²) in [6.45, 7) is 1.73. The van der Waals surface area contributed by atoms with Gasteiger partial charge in [0.25, 0.3) is 5.91 Å². The van der Waals surface area contributed by atoms with Crippen molar-refractivity contribution in [1.29, 1.82) is 0 Å². The van der Waals surface area contributed by atoms with Crippen LogP contribution in [0.4, 0.5) is 5.69 Å². The van der Waals surface area contributed by atoms with Crippen LogP contribution >= 0.6 is 11.3 Å². The maximum Gasteiger partial charge on any atom is 0.312 e. The smallest absolute Gasteiger partial charge is 0.312 e. The maximum absolute atomic E-state index is 12.1. The number of carbonyl (C=O) groups is 2. The summed E-state index contributed by atoms with van der Waals surface area (Å²) in [7, 11) is 0. The molecule has 0 bridgehead atoms. The first-order valence-corrected chi connectivity index (χ1v) is 10.5. The zero-order chi connectivity index (χ0) is 20.2. The molecule has 1 N–H and O–H groups in total. The lowest BCUT2D eigenvalue weighted by molar-refractivity contribution is -0.146. The molecule has 0 unspecified atom stereocenters. The number of thiazole rings is 1. The third-order valence-electron chi connectivity index (χ3n) is 4.89. The number of anilines is 1. The molecule has 1 heterocycles. The van der Waals surface area contributed by atoms with E-state index in [9.17, 15) is 9.59 Å². The van der Waals surface area contributed by atoms with E-state index in [1.165, 1.54) is 22.5 Å². The highest BCUT2D eigenvalue weighted by Gasteiger charge is 2.14. The number of rotatable bonds is 6. The van der Waals surface area contributed by atoms with Crippen molar-refractivity contribution in [2.24, 2.45) is 0 Å². The second-order valence-electron chi connectivity index (χ2n) is 7.24. The Morgan fingerprint density at radius 3 is 2.86 bits per heavy atom. The van der Waals surface area contributed by atoms with Crippen molar-refractivity contribution in [3.8, 4) is 10.6 Å². The number of carbonyl (C=O) groups excluding carboxylic acids is 2. The molecule has 0 saturated heterocycles. The number of hydrogen-bond acceptors (Lipinski definition) is 5. The van der Waals surface area contributed by atoms with E-state index >= 15 is 0 Å². The van der Waals surface area contributed by atoms with Crippen LogP contribution < -0.4 is 5.32 Å². The molecule has 0 aliphatic heterocycles. The molecular formula is C23H22N2O3S. The highest BCUT2D eigenvalue weighted by atomic mass is 32.1. The Bertz CT molecular complexity index is 1060. The Balaban J connectivity index is 1.27. The third-order valence-corrected chi connectivity index (χ3v) is 5.83. The van der Waals surface area contributed by atoms with Crippen LogP contribution in [0.25, 0.3) is 10.6 Å². The summed E-state index contributed by atoms with van der Waals surface area (Å²) >= 11 is 1.49. The zero-order valence-electron chi connectivity index (χ0n) is 16.2. The SMILES string of the molecule is Cc1cccc(-c2nc(CC(=O)OCC(=O)Nc3ccc4c(c3)CCC4)cs2)c1. The largest absolute Gasteiger partial charge is 0.455 e. The average Bonchev–Trinajstić information content (AvgIpc) is 3.35. The minimum Gasteiger partial charge on any atom is -0.455 e. The molecule has 1 aliphatic carbocycles. The molecule has 0 atom stereocenters. The summed E-state index contributed by atoms with van der Waals surface area (Å²) in [4.78, 5) is 28.7. The molecular weight excluding hydrogens is 384 g/mol. The number of aryl methyl sites for hydroxylation is 3. The van der Waals surface area contributed by atoms with Gasteiger partial charge in [-0.3, -0.25) is 9.59 Å². The Morgan fingerprint density at radius 2 is 2.00 bits per heavy atom. The van der Waals surface area contributed by atoms with Gasteiger partial charge in [-0.15, -0.1) is 11.3 Å². The standard InChI is InChI=1S/C23H22N2O3S/c1-15-4-2-7-18(10-15)23-25-20(14-29-23)12-22(27)28-13-21(26)24-19-9-8-16-5-3-6-17(16)11-19/h2,4,7-11,14H,3,5-6,12-13H2,1H3,(H,24,26). The summed E-state index contributed by atoms with van der Waals surface area (Å²) < 4.78 is 5.12. The van der Waals surface area contributed by atoms with Crippen molar-refractivity contribution in [1.82, 2.24) is 4.98 Å². The molecule has 4 rings (SSSR count). The molecule has 3 aromatic rings. The van der Waals surface area contributed by atoms with E-state index < -0.39 is 5.97 Å². The molecule has 148 valence electrons. The summed E-state index contributed by atoms with van der Waals surface area (Å²) in [6, 6.07) is 14.0. The lowest BCUT2D eigenvalue weighted by atomic mass is 10.1.